The van der Waals surface area contributed by atoms with Crippen molar-refractivity contribution in [2.75, 3.05) is 17.2 Å². The van der Waals surface area contributed by atoms with Crippen LogP contribution in [0.5, 0.6) is 0 Å². The third-order valence-corrected chi connectivity index (χ3v) is 5.55. The van der Waals surface area contributed by atoms with Crippen LogP contribution in [0.25, 0.3) is 11.1 Å². The summed E-state index contributed by atoms with van der Waals surface area (Å²) in [4.78, 5) is 19.6. The van der Waals surface area contributed by atoms with Crippen molar-refractivity contribution in [3.8, 4) is 11.1 Å². The predicted octanol–water partition coefficient (Wildman–Crippen LogP) is 4.28. The fourth-order valence-electron chi connectivity index (χ4n) is 2.58. The normalized spacial score (nSPS) is 11.8. The minimum absolute atomic E-state index is 0.0330. The van der Waals surface area contributed by atoms with Gasteiger partial charge in [-0.25, -0.2) is 27.9 Å². The van der Waals surface area contributed by atoms with E-state index in [2.05, 4.69) is 20.6 Å². The largest absolute Gasteiger partial charge is 0.402 e. The first-order chi connectivity index (χ1) is 15.0. The molecule has 168 valence electrons. The van der Waals surface area contributed by atoms with Gasteiger partial charge in [0.1, 0.15) is 11.7 Å². The molecule has 0 atom stereocenters. The topological polar surface area (TPSA) is 113 Å². The molecule has 0 spiro atoms. The smallest absolute Gasteiger partial charge is 0.307 e. The van der Waals surface area contributed by atoms with E-state index in [9.17, 15) is 26.4 Å². The number of halogens is 4. The minimum Gasteiger partial charge on any atom is -0.307 e. The summed E-state index contributed by atoms with van der Waals surface area (Å²) in [6, 6.07) is 12.8. The molecule has 0 aliphatic heterocycles. The fourth-order valence-corrected chi connectivity index (χ4v) is 3.75. The van der Waals surface area contributed by atoms with Crippen LogP contribution in [0.3, 0.4) is 0 Å². The molecular formula is C19H15ClF3N5O3S. The zero-order valence-corrected chi connectivity index (χ0v) is 17.6. The number of sulfonamides is 1. The van der Waals surface area contributed by atoms with Gasteiger partial charge < -0.3 is 5.32 Å². The number of hydrogen-bond donors (Lipinski definition) is 3. The molecule has 2 amide bonds. The average Bonchev–Trinajstić information content (AvgIpc) is 2.72. The van der Waals surface area contributed by atoms with E-state index in [1.54, 1.807) is 30.3 Å². The van der Waals surface area contributed by atoms with E-state index in [4.69, 9.17) is 11.6 Å². The molecule has 0 bridgehead atoms. The summed E-state index contributed by atoms with van der Waals surface area (Å²) in [5.74, 6) is -0.105. The molecule has 1 aromatic heterocycles. The van der Waals surface area contributed by atoms with Crippen LogP contribution in [-0.2, 0) is 10.0 Å². The molecule has 0 aliphatic rings. The lowest BCUT2D eigenvalue weighted by Crippen LogP contribution is -2.33. The molecule has 0 unspecified atom stereocenters. The van der Waals surface area contributed by atoms with Crippen molar-refractivity contribution < 1.29 is 26.4 Å². The van der Waals surface area contributed by atoms with Gasteiger partial charge in [0, 0.05) is 11.8 Å². The van der Waals surface area contributed by atoms with Crippen LogP contribution in [0.1, 0.15) is 0 Å². The standard InChI is InChI=1S/C19H15ClF3N5O3S/c20-16-8-9-24-17(27-16)28-18(29)26-15-10-13(32(30,31)25-11-19(21,22)23)6-7-14(15)12-4-2-1-3-5-12/h1-10,25H,11H2,(H2,24,26,27,28,29). The van der Waals surface area contributed by atoms with Crippen molar-refractivity contribution in [1.29, 1.82) is 0 Å². The van der Waals surface area contributed by atoms with Crippen LogP contribution in [0.2, 0.25) is 5.15 Å². The first kappa shape index (κ1) is 23.4. The summed E-state index contributed by atoms with van der Waals surface area (Å²) >= 11 is 5.75. The Bertz CT molecular complexity index is 1220. The maximum atomic E-state index is 12.5. The summed E-state index contributed by atoms with van der Waals surface area (Å²) in [6.07, 6.45) is -3.41. The highest BCUT2D eigenvalue weighted by Crippen LogP contribution is 2.30. The molecule has 3 N–H and O–H groups in total. The Balaban J connectivity index is 1.93. The number of nitrogens with zero attached hydrogens (tertiary/aromatic N) is 2. The van der Waals surface area contributed by atoms with E-state index < -0.39 is 33.7 Å². The van der Waals surface area contributed by atoms with Gasteiger partial charge in [-0.3, -0.25) is 5.32 Å². The Kier molecular flexibility index (Phi) is 6.96. The number of amides is 2. The first-order valence-electron chi connectivity index (χ1n) is 8.86. The third-order valence-electron chi connectivity index (χ3n) is 3.94. The highest BCUT2D eigenvalue weighted by Gasteiger charge is 2.30. The van der Waals surface area contributed by atoms with E-state index >= 15 is 0 Å². The molecule has 1 heterocycles. The van der Waals surface area contributed by atoms with Crippen LogP contribution >= 0.6 is 11.6 Å². The molecule has 3 rings (SSSR count). The number of nitrogens with one attached hydrogen (secondary N) is 3. The first-order valence-corrected chi connectivity index (χ1v) is 10.7. The third kappa shape index (κ3) is 6.39. The van der Waals surface area contributed by atoms with Crippen molar-refractivity contribution in [3.05, 3.63) is 65.9 Å². The molecule has 0 saturated carbocycles. The van der Waals surface area contributed by atoms with Crippen molar-refractivity contribution in [1.82, 2.24) is 14.7 Å². The van der Waals surface area contributed by atoms with Gasteiger partial charge in [-0.2, -0.15) is 13.2 Å². The SMILES string of the molecule is O=C(Nc1nccc(Cl)n1)Nc1cc(S(=O)(=O)NCC(F)(F)F)ccc1-c1ccccc1. The number of rotatable bonds is 6. The van der Waals surface area contributed by atoms with Gasteiger partial charge in [0.2, 0.25) is 16.0 Å². The zero-order valence-electron chi connectivity index (χ0n) is 16.0. The quantitative estimate of drug-likeness (QED) is 0.451. The number of carbonyl (C=O) groups excluding carboxylic acids is 1. The summed E-state index contributed by atoms with van der Waals surface area (Å²) in [5.41, 5.74) is 1.10. The lowest BCUT2D eigenvalue weighted by molar-refractivity contribution is -0.121. The van der Waals surface area contributed by atoms with Gasteiger partial charge in [0.05, 0.1) is 10.6 Å². The van der Waals surface area contributed by atoms with Crippen molar-refractivity contribution >= 4 is 39.3 Å². The molecule has 0 fully saturated rings. The maximum Gasteiger partial charge on any atom is 0.402 e. The minimum atomic E-state index is -4.73. The van der Waals surface area contributed by atoms with Gasteiger partial charge in [-0.15, -0.1) is 0 Å². The summed E-state index contributed by atoms with van der Waals surface area (Å²) < 4.78 is 63.5. The number of hydrogen-bond acceptors (Lipinski definition) is 5. The van der Waals surface area contributed by atoms with Crippen molar-refractivity contribution in [2.45, 2.75) is 11.1 Å². The van der Waals surface area contributed by atoms with Crippen molar-refractivity contribution in [2.24, 2.45) is 0 Å². The molecule has 0 radical (unpaired) electrons. The highest BCUT2D eigenvalue weighted by molar-refractivity contribution is 7.89. The van der Waals surface area contributed by atoms with E-state index in [0.29, 0.717) is 11.1 Å². The van der Waals surface area contributed by atoms with Gasteiger partial charge in [0.15, 0.2) is 0 Å². The number of anilines is 2. The monoisotopic (exact) mass is 485 g/mol. The summed E-state index contributed by atoms with van der Waals surface area (Å²) in [5, 5.41) is 4.90. The van der Waals surface area contributed by atoms with Gasteiger partial charge >= 0.3 is 12.2 Å². The second kappa shape index (κ2) is 9.51. The van der Waals surface area contributed by atoms with E-state index in [1.807, 2.05) is 0 Å². The number of carbonyl (C=O) groups is 1. The highest BCUT2D eigenvalue weighted by atomic mass is 35.5. The van der Waals surface area contributed by atoms with Crippen LogP contribution < -0.4 is 15.4 Å². The second-order valence-corrected chi connectivity index (χ2v) is 8.45. The Morgan fingerprint density at radius 1 is 1.03 bits per heavy atom. The second-order valence-electron chi connectivity index (χ2n) is 6.30. The molecular weight excluding hydrogens is 471 g/mol. The van der Waals surface area contributed by atoms with Gasteiger partial charge in [-0.1, -0.05) is 48.0 Å². The summed E-state index contributed by atoms with van der Waals surface area (Å²) in [6.45, 7) is -1.73. The van der Waals surface area contributed by atoms with E-state index in [1.165, 1.54) is 23.1 Å². The van der Waals surface area contributed by atoms with Gasteiger partial charge in [0.25, 0.3) is 0 Å². The number of aromatic nitrogens is 2. The van der Waals surface area contributed by atoms with E-state index in [0.717, 1.165) is 12.1 Å². The van der Waals surface area contributed by atoms with Crippen LogP contribution in [0.4, 0.5) is 29.6 Å². The molecule has 13 heteroatoms. The Hall–Kier alpha value is -3.22. The van der Waals surface area contributed by atoms with Crippen molar-refractivity contribution in [3.63, 3.8) is 0 Å². The molecule has 3 aromatic rings. The Morgan fingerprint density at radius 2 is 1.75 bits per heavy atom. The maximum absolute atomic E-state index is 12.5. The lowest BCUT2D eigenvalue weighted by Gasteiger charge is -2.15. The van der Waals surface area contributed by atoms with E-state index in [-0.39, 0.29) is 16.8 Å². The summed E-state index contributed by atoms with van der Waals surface area (Å²) in [7, 11) is -4.50. The van der Waals surface area contributed by atoms with Gasteiger partial charge in [-0.05, 0) is 23.8 Å². The number of benzene rings is 2. The molecule has 0 aliphatic carbocycles. The Morgan fingerprint density at radius 3 is 2.41 bits per heavy atom. The molecule has 8 nitrogen and oxygen atoms in total. The zero-order chi connectivity index (χ0) is 23.4. The average molecular weight is 486 g/mol. The van der Waals surface area contributed by atoms with Crippen LogP contribution in [0, 0.1) is 0 Å². The predicted molar refractivity (Wildman–Crippen MR) is 113 cm³/mol. The fraction of sp³-hybridized carbons (Fsp3) is 0.105. The van der Waals surface area contributed by atoms with Crippen LogP contribution in [-0.4, -0.2) is 37.1 Å². The molecule has 0 saturated heterocycles. The van der Waals surface area contributed by atoms with Crippen LogP contribution in [0.15, 0.2) is 65.7 Å². The molecule has 2 aromatic carbocycles. The lowest BCUT2D eigenvalue weighted by atomic mass is 10.0. The molecule has 32 heavy (non-hydrogen) atoms. The Labute approximate surface area is 185 Å². The number of urea groups is 1. The number of alkyl halides is 3.